The molecule has 0 fully saturated rings. The number of ether oxygens (including phenoxy) is 1. The third-order valence-electron chi connectivity index (χ3n) is 7.29. The number of rotatable bonds is 6. The maximum Gasteiger partial charge on any atom is 0.416 e. The smallest absolute Gasteiger partial charge is 0.416 e. The Labute approximate surface area is 236 Å². The Morgan fingerprint density at radius 3 is 2.51 bits per heavy atom. The number of alkyl halides is 3. The van der Waals surface area contributed by atoms with Crippen LogP contribution in [0.5, 0.6) is 0 Å². The van der Waals surface area contributed by atoms with Crippen molar-refractivity contribution >= 4 is 40.4 Å². The summed E-state index contributed by atoms with van der Waals surface area (Å²) < 4.78 is 46.1. The first-order valence-electron chi connectivity index (χ1n) is 12.7. The molecular weight excluding hydrogens is 561 g/mol. The van der Waals surface area contributed by atoms with E-state index in [1.165, 1.54) is 41.7 Å². The summed E-state index contributed by atoms with van der Waals surface area (Å²) in [5, 5.41) is 13.3. The highest BCUT2D eigenvalue weighted by atomic mass is 32.1. The molecule has 1 aliphatic carbocycles. The van der Waals surface area contributed by atoms with Crippen molar-refractivity contribution in [2.75, 3.05) is 11.5 Å². The van der Waals surface area contributed by atoms with E-state index in [0.29, 0.717) is 10.4 Å². The normalized spacial score (nSPS) is 21.1. The standard InChI is InChI=1S/C29H23F3N2O6S/c1-2-40-28(37)26-21(23-10-5-11-41-23)14-22-25(27(26)36)20(16-6-3-9-19(12-16)34(38)39)15-24(35)33(22)18-8-4-7-17(13-18)29(30,31)32/h3-13,20-21,26H,2,14-15H2,1H3/t20-,21-,26+/m0/s1. The number of carbonyl (C=O) groups excluding carboxylic acids is 3. The van der Waals surface area contributed by atoms with E-state index in [0.717, 1.165) is 17.0 Å². The lowest BCUT2D eigenvalue weighted by atomic mass is 9.69. The number of nitrogens with zero attached hydrogens (tertiary/aromatic N) is 2. The van der Waals surface area contributed by atoms with Gasteiger partial charge >= 0.3 is 12.1 Å². The highest BCUT2D eigenvalue weighted by Gasteiger charge is 2.50. The lowest BCUT2D eigenvalue weighted by Crippen LogP contribution is -2.46. The number of anilines is 1. The molecule has 2 aliphatic rings. The second kappa shape index (κ2) is 10.9. The molecule has 3 atom stereocenters. The molecule has 3 aromatic rings. The summed E-state index contributed by atoms with van der Waals surface area (Å²) in [6, 6.07) is 13.3. The van der Waals surface area contributed by atoms with Gasteiger partial charge in [-0.25, -0.2) is 0 Å². The number of hydrogen-bond donors (Lipinski definition) is 0. The maximum atomic E-state index is 14.3. The van der Waals surface area contributed by atoms with Gasteiger partial charge in [-0.1, -0.05) is 24.3 Å². The van der Waals surface area contributed by atoms with E-state index in [-0.39, 0.29) is 42.1 Å². The van der Waals surface area contributed by atoms with Crippen LogP contribution in [-0.2, 0) is 25.3 Å². The van der Waals surface area contributed by atoms with Crippen LogP contribution in [0.3, 0.4) is 0 Å². The molecule has 8 nitrogen and oxygen atoms in total. The molecule has 0 radical (unpaired) electrons. The predicted molar refractivity (Wildman–Crippen MR) is 143 cm³/mol. The second-order valence-corrected chi connectivity index (χ2v) is 10.6. The summed E-state index contributed by atoms with van der Waals surface area (Å²) in [5.41, 5.74) is -0.739. The Bertz CT molecular complexity index is 1570. The number of esters is 1. The number of nitro benzene ring substituents is 1. The molecular formula is C29H23F3N2O6S. The zero-order valence-electron chi connectivity index (χ0n) is 21.6. The number of nitro groups is 1. The van der Waals surface area contributed by atoms with Crippen LogP contribution in [0.2, 0.25) is 0 Å². The fourth-order valence-corrected chi connectivity index (χ4v) is 6.43. The number of thiophene rings is 1. The largest absolute Gasteiger partial charge is 0.465 e. The quantitative estimate of drug-likeness (QED) is 0.144. The molecule has 5 rings (SSSR count). The number of Topliss-reactive ketones (excluding diaryl/α,β-unsaturated/α-hetero) is 1. The number of halogens is 3. The van der Waals surface area contributed by atoms with Crippen LogP contribution in [0.15, 0.2) is 77.3 Å². The minimum atomic E-state index is -4.67. The van der Waals surface area contributed by atoms with Gasteiger partial charge in [-0.3, -0.25) is 29.4 Å². The Balaban J connectivity index is 1.74. The molecule has 2 aromatic carbocycles. The van der Waals surface area contributed by atoms with E-state index in [2.05, 4.69) is 0 Å². The van der Waals surface area contributed by atoms with Crippen LogP contribution in [0.4, 0.5) is 24.5 Å². The minimum absolute atomic E-state index is 0.0154. The van der Waals surface area contributed by atoms with E-state index in [4.69, 9.17) is 4.74 Å². The highest BCUT2D eigenvalue weighted by Crippen LogP contribution is 2.50. The summed E-state index contributed by atoms with van der Waals surface area (Å²) in [6.07, 6.45) is -5.03. The molecule has 0 saturated heterocycles. The SMILES string of the molecule is CCOC(=O)[C@H]1C(=O)C2=C(C[C@H]1c1cccs1)N(c1cccc(C(F)(F)F)c1)C(=O)C[C@H]2c1cccc([N+](=O)[O-])c1. The Morgan fingerprint density at radius 2 is 1.85 bits per heavy atom. The maximum absolute atomic E-state index is 14.3. The number of ketones is 1. The van der Waals surface area contributed by atoms with Crippen LogP contribution in [0.1, 0.15) is 47.6 Å². The molecule has 0 N–H and O–H groups in total. The van der Waals surface area contributed by atoms with Crippen molar-refractivity contribution in [3.05, 3.63) is 103 Å². The molecule has 212 valence electrons. The third kappa shape index (κ3) is 5.26. The number of non-ortho nitro benzene ring substituents is 1. The first-order valence-corrected chi connectivity index (χ1v) is 13.6. The van der Waals surface area contributed by atoms with Gasteiger partial charge in [0.1, 0.15) is 5.92 Å². The zero-order chi connectivity index (χ0) is 29.5. The first kappa shape index (κ1) is 28.2. The van der Waals surface area contributed by atoms with Gasteiger partial charge in [0, 0.05) is 52.2 Å². The van der Waals surface area contributed by atoms with E-state index in [1.54, 1.807) is 30.5 Å². The monoisotopic (exact) mass is 584 g/mol. The Hall–Kier alpha value is -4.32. The van der Waals surface area contributed by atoms with Gasteiger partial charge < -0.3 is 4.74 Å². The van der Waals surface area contributed by atoms with Crippen molar-refractivity contribution in [2.24, 2.45) is 5.92 Å². The van der Waals surface area contributed by atoms with Crippen molar-refractivity contribution in [3.8, 4) is 0 Å². The van der Waals surface area contributed by atoms with Crippen molar-refractivity contribution in [3.63, 3.8) is 0 Å². The van der Waals surface area contributed by atoms with Gasteiger partial charge in [-0.05, 0) is 48.6 Å². The molecule has 1 aliphatic heterocycles. The van der Waals surface area contributed by atoms with Gasteiger partial charge in [0.2, 0.25) is 5.91 Å². The van der Waals surface area contributed by atoms with Gasteiger partial charge in [0.25, 0.3) is 5.69 Å². The zero-order valence-corrected chi connectivity index (χ0v) is 22.4. The summed E-state index contributed by atoms with van der Waals surface area (Å²) in [6.45, 7) is 1.63. The third-order valence-corrected chi connectivity index (χ3v) is 8.29. The summed E-state index contributed by atoms with van der Waals surface area (Å²) >= 11 is 1.31. The van der Waals surface area contributed by atoms with Crippen LogP contribution >= 0.6 is 11.3 Å². The van der Waals surface area contributed by atoms with E-state index < -0.39 is 52.1 Å². The lowest BCUT2D eigenvalue weighted by molar-refractivity contribution is -0.384. The molecule has 41 heavy (non-hydrogen) atoms. The van der Waals surface area contributed by atoms with Gasteiger partial charge in [0.15, 0.2) is 5.78 Å². The average molecular weight is 585 g/mol. The molecule has 2 heterocycles. The predicted octanol–water partition coefficient (Wildman–Crippen LogP) is 6.39. The fraction of sp³-hybridized carbons (Fsp3) is 0.276. The molecule has 0 saturated carbocycles. The summed E-state index contributed by atoms with van der Waals surface area (Å²) in [5.74, 6) is -4.89. The minimum Gasteiger partial charge on any atom is -0.465 e. The molecule has 1 amide bonds. The number of allylic oxidation sites excluding steroid dienone is 2. The molecule has 0 spiro atoms. The summed E-state index contributed by atoms with van der Waals surface area (Å²) in [4.78, 5) is 53.9. The highest BCUT2D eigenvalue weighted by molar-refractivity contribution is 7.10. The van der Waals surface area contributed by atoms with Gasteiger partial charge in [0.05, 0.1) is 17.1 Å². The number of benzene rings is 2. The second-order valence-electron chi connectivity index (χ2n) is 9.67. The Kier molecular flexibility index (Phi) is 7.52. The summed E-state index contributed by atoms with van der Waals surface area (Å²) in [7, 11) is 0. The van der Waals surface area contributed by atoms with Crippen LogP contribution in [-0.4, -0.2) is 29.2 Å². The van der Waals surface area contributed by atoms with E-state index in [1.807, 2.05) is 0 Å². The van der Waals surface area contributed by atoms with Crippen LogP contribution in [0, 0.1) is 16.0 Å². The van der Waals surface area contributed by atoms with Crippen LogP contribution in [0.25, 0.3) is 0 Å². The molecule has 0 unspecified atom stereocenters. The molecule has 12 heteroatoms. The van der Waals surface area contributed by atoms with E-state index in [9.17, 15) is 37.7 Å². The lowest BCUT2D eigenvalue weighted by Gasteiger charge is -2.42. The van der Waals surface area contributed by atoms with Crippen molar-refractivity contribution < 1.29 is 37.2 Å². The van der Waals surface area contributed by atoms with Crippen molar-refractivity contribution in [2.45, 2.75) is 37.8 Å². The number of amides is 1. The topological polar surface area (TPSA) is 107 Å². The fourth-order valence-electron chi connectivity index (χ4n) is 5.56. The Morgan fingerprint density at radius 1 is 1.10 bits per heavy atom. The van der Waals surface area contributed by atoms with E-state index >= 15 is 0 Å². The van der Waals surface area contributed by atoms with Crippen molar-refractivity contribution in [1.82, 2.24) is 0 Å². The molecule has 0 bridgehead atoms. The van der Waals surface area contributed by atoms with Crippen molar-refractivity contribution in [1.29, 1.82) is 0 Å². The van der Waals surface area contributed by atoms with Gasteiger partial charge in [-0.2, -0.15) is 13.2 Å². The average Bonchev–Trinajstić information content (AvgIpc) is 3.47. The number of carbonyl (C=O) groups is 3. The first-order chi connectivity index (χ1) is 19.5. The van der Waals surface area contributed by atoms with Gasteiger partial charge in [-0.15, -0.1) is 11.3 Å². The van der Waals surface area contributed by atoms with Crippen LogP contribution < -0.4 is 4.90 Å². The number of hydrogen-bond acceptors (Lipinski definition) is 7. The molecule has 1 aromatic heterocycles.